The standard InChI is InChI=1S/C17H20N2O3S/c1-13-7-8-16(22-2)17(11-13)23(20,21)19-10-4-6-15(19)14-5-3-9-18-12-14/h3,5,7-9,11-12,15H,4,6,10H2,1-2H3. The average Bonchev–Trinajstić information content (AvgIpc) is 3.06. The fraction of sp³-hybridized carbons (Fsp3) is 0.353. The van der Waals surface area contributed by atoms with Crippen molar-refractivity contribution in [1.82, 2.24) is 9.29 Å². The third kappa shape index (κ3) is 2.96. The van der Waals surface area contributed by atoms with E-state index in [9.17, 15) is 8.42 Å². The van der Waals surface area contributed by atoms with E-state index >= 15 is 0 Å². The fourth-order valence-corrected chi connectivity index (χ4v) is 4.97. The number of rotatable bonds is 4. The lowest BCUT2D eigenvalue weighted by molar-refractivity contribution is 0.380. The van der Waals surface area contributed by atoms with Crippen LogP contribution >= 0.6 is 0 Å². The van der Waals surface area contributed by atoms with Gasteiger partial charge in [-0.15, -0.1) is 0 Å². The Morgan fingerprint density at radius 3 is 2.83 bits per heavy atom. The van der Waals surface area contributed by atoms with Crippen LogP contribution in [0, 0.1) is 6.92 Å². The normalized spacial score (nSPS) is 19.0. The highest BCUT2D eigenvalue weighted by atomic mass is 32.2. The summed E-state index contributed by atoms with van der Waals surface area (Å²) in [5, 5.41) is 0. The molecule has 1 aromatic carbocycles. The molecule has 3 rings (SSSR count). The number of aryl methyl sites for hydroxylation is 1. The molecule has 2 heterocycles. The van der Waals surface area contributed by atoms with Crippen molar-refractivity contribution < 1.29 is 13.2 Å². The van der Waals surface area contributed by atoms with Gasteiger partial charge in [-0.3, -0.25) is 4.98 Å². The van der Waals surface area contributed by atoms with Gasteiger partial charge in [0.25, 0.3) is 0 Å². The molecule has 122 valence electrons. The van der Waals surface area contributed by atoms with E-state index in [1.807, 2.05) is 25.1 Å². The molecule has 1 unspecified atom stereocenters. The van der Waals surface area contributed by atoms with Crippen LogP contribution in [0.1, 0.15) is 30.0 Å². The van der Waals surface area contributed by atoms with Gasteiger partial charge in [0.1, 0.15) is 10.6 Å². The summed E-state index contributed by atoms with van der Waals surface area (Å²) in [7, 11) is -2.13. The van der Waals surface area contributed by atoms with E-state index in [2.05, 4.69) is 4.98 Å². The second-order valence-corrected chi connectivity index (χ2v) is 7.57. The predicted octanol–water partition coefficient (Wildman–Crippen LogP) is 2.92. The molecule has 1 aliphatic heterocycles. The first-order valence-electron chi connectivity index (χ1n) is 7.60. The van der Waals surface area contributed by atoms with E-state index in [4.69, 9.17) is 4.74 Å². The van der Waals surface area contributed by atoms with Gasteiger partial charge in [-0.2, -0.15) is 4.31 Å². The largest absolute Gasteiger partial charge is 0.495 e. The molecule has 0 bridgehead atoms. The molecule has 0 amide bonds. The molecule has 0 saturated carbocycles. The molecule has 0 radical (unpaired) electrons. The van der Waals surface area contributed by atoms with E-state index in [1.54, 1.807) is 28.8 Å². The van der Waals surface area contributed by atoms with Crippen LogP contribution in [0.15, 0.2) is 47.6 Å². The zero-order valence-corrected chi connectivity index (χ0v) is 14.1. The molecule has 1 atom stereocenters. The van der Waals surface area contributed by atoms with Crippen molar-refractivity contribution >= 4 is 10.0 Å². The van der Waals surface area contributed by atoms with Gasteiger partial charge in [-0.1, -0.05) is 12.1 Å². The molecule has 6 heteroatoms. The monoisotopic (exact) mass is 332 g/mol. The minimum Gasteiger partial charge on any atom is -0.495 e. The smallest absolute Gasteiger partial charge is 0.247 e. The summed E-state index contributed by atoms with van der Waals surface area (Å²) in [4.78, 5) is 4.35. The van der Waals surface area contributed by atoms with E-state index in [0.717, 1.165) is 24.0 Å². The zero-order valence-electron chi connectivity index (χ0n) is 13.3. The number of aromatic nitrogens is 1. The highest BCUT2D eigenvalue weighted by molar-refractivity contribution is 7.89. The Labute approximate surface area is 137 Å². The minimum absolute atomic E-state index is 0.168. The minimum atomic E-state index is -3.62. The zero-order chi connectivity index (χ0) is 16.4. The third-order valence-corrected chi connectivity index (χ3v) is 6.11. The molecule has 1 aromatic heterocycles. The maximum Gasteiger partial charge on any atom is 0.247 e. The molecule has 1 aliphatic rings. The fourth-order valence-electron chi connectivity index (χ4n) is 3.05. The van der Waals surface area contributed by atoms with Crippen molar-refractivity contribution in [2.24, 2.45) is 0 Å². The van der Waals surface area contributed by atoms with Crippen LogP contribution in [-0.2, 0) is 10.0 Å². The second-order valence-electron chi connectivity index (χ2n) is 5.71. The first-order chi connectivity index (χ1) is 11.0. The van der Waals surface area contributed by atoms with Gasteiger partial charge >= 0.3 is 0 Å². The van der Waals surface area contributed by atoms with Crippen molar-refractivity contribution in [3.8, 4) is 5.75 Å². The van der Waals surface area contributed by atoms with Gasteiger partial charge in [-0.25, -0.2) is 8.42 Å². The summed E-state index contributed by atoms with van der Waals surface area (Å²) in [5.74, 6) is 0.382. The van der Waals surface area contributed by atoms with Crippen molar-refractivity contribution in [3.05, 3.63) is 53.9 Å². The Kier molecular flexibility index (Phi) is 4.37. The van der Waals surface area contributed by atoms with Gasteiger partial charge in [-0.05, 0) is 49.1 Å². The van der Waals surface area contributed by atoms with Crippen LogP contribution in [0.2, 0.25) is 0 Å². The number of sulfonamides is 1. The van der Waals surface area contributed by atoms with E-state index < -0.39 is 10.0 Å². The van der Waals surface area contributed by atoms with Gasteiger partial charge in [0, 0.05) is 18.9 Å². The highest BCUT2D eigenvalue weighted by Crippen LogP contribution is 2.38. The van der Waals surface area contributed by atoms with Crippen LogP contribution in [-0.4, -0.2) is 31.4 Å². The highest BCUT2D eigenvalue weighted by Gasteiger charge is 2.37. The lowest BCUT2D eigenvalue weighted by Crippen LogP contribution is -2.31. The van der Waals surface area contributed by atoms with E-state index in [0.29, 0.717) is 12.3 Å². The molecular formula is C17H20N2O3S. The summed E-state index contributed by atoms with van der Waals surface area (Å²) >= 11 is 0. The summed E-state index contributed by atoms with van der Waals surface area (Å²) in [6.07, 6.45) is 5.08. The summed E-state index contributed by atoms with van der Waals surface area (Å²) in [6.45, 7) is 2.39. The van der Waals surface area contributed by atoms with E-state index in [-0.39, 0.29) is 10.9 Å². The molecule has 1 saturated heterocycles. The lowest BCUT2D eigenvalue weighted by atomic mass is 10.1. The Morgan fingerprint density at radius 1 is 1.30 bits per heavy atom. The van der Waals surface area contributed by atoms with Crippen LogP contribution < -0.4 is 4.74 Å². The van der Waals surface area contributed by atoms with Crippen molar-refractivity contribution in [1.29, 1.82) is 0 Å². The number of benzene rings is 1. The number of methoxy groups -OCH3 is 1. The van der Waals surface area contributed by atoms with Gasteiger partial charge < -0.3 is 4.74 Å². The van der Waals surface area contributed by atoms with Crippen LogP contribution in [0.25, 0.3) is 0 Å². The SMILES string of the molecule is COc1ccc(C)cc1S(=O)(=O)N1CCCC1c1cccnc1. The number of hydrogen-bond acceptors (Lipinski definition) is 4. The van der Waals surface area contributed by atoms with Crippen molar-refractivity contribution in [2.45, 2.75) is 30.7 Å². The van der Waals surface area contributed by atoms with Crippen molar-refractivity contribution in [2.75, 3.05) is 13.7 Å². The van der Waals surface area contributed by atoms with Gasteiger partial charge in [0.15, 0.2) is 0 Å². The number of hydrogen-bond donors (Lipinski definition) is 0. The molecular weight excluding hydrogens is 312 g/mol. The van der Waals surface area contributed by atoms with Crippen molar-refractivity contribution in [3.63, 3.8) is 0 Å². The van der Waals surface area contributed by atoms with Gasteiger partial charge in [0.2, 0.25) is 10.0 Å². The third-order valence-electron chi connectivity index (χ3n) is 4.18. The Balaban J connectivity index is 2.04. The molecule has 23 heavy (non-hydrogen) atoms. The average molecular weight is 332 g/mol. The summed E-state index contributed by atoms with van der Waals surface area (Å²) in [6, 6.07) is 8.83. The van der Waals surface area contributed by atoms with Crippen LogP contribution in [0.4, 0.5) is 0 Å². The molecule has 0 spiro atoms. The molecule has 1 fully saturated rings. The van der Waals surface area contributed by atoms with Crippen LogP contribution in [0.3, 0.4) is 0 Å². The summed E-state index contributed by atoms with van der Waals surface area (Å²) in [5.41, 5.74) is 1.82. The second kappa shape index (κ2) is 6.29. The Morgan fingerprint density at radius 2 is 2.13 bits per heavy atom. The van der Waals surface area contributed by atoms with Gasteiger partial charge in [0.05, 0.1) is 13.2 Å². The quantitative estimate of drug-likeness (QED) is 0.864. The Hall–Kier alpha value is -1.92. The number of ether oxygens (including phenoxy) is 1. The molecule has 0 aliphatic carbocycles. The molecule has 0 N–H and O–H groups in total. The van der Waals surface area contributed by atoms with E-state index in [1.165, 1.54) is 7.11 Å². The molecule has 5 nitrogen and oxygen atoms in total. The topological polar surface area (TPSA) is 59.5 Å². The number of nitrogens with zero attached hydrogens (tertiary/aromatic N) is 2. The first kappa shape index (κ1) is 16.0. The predicted molar refractivity (Wildman–Crippen MR) is 87.8 cm³/mol. The summed E-state index contributed by atoms with van der Waals surface area (Å²) < 4.78 is 33.2. The maximum atomic E-state index is 13.2. The first-order valence-corrected chi connectivity index (χ1v) is 9.04. The Bertz CT molecular complexity index is 791. The van der Waals surface area contributed by atoms with Crippen LogP contribution in [0.5, 0.6) is 5.75 Å². The molecule has 2 aromatic rings. The maximum absolute atomic E-state index is 13.2. The lowest BCUT2D eigenvalue weighted by Gasteiger charge is -2.25. The number of pyridine rings is 1.